The summed E-state index contributed by atoms with van der Waals surface area (Å²) in [4.78, 5) is 13.1. The molecule has 7 nitrogen and oxygen atoms in total. The van der Waals surface area contributed by atoms with Gasteiger partial charge in [-0.3, -0.25) is 0 Å². The summed E-state index contributed by atoms with van der Waals surface area (Å²) >= 11 is 0. The standard InChI is InChI=1S/C25H23F3N4O3/c1-15-20(10-16-4-2-3-5-21(16)35-24(27)28)32-14-18(19(26)11-22(32)31-15)17-12-29-23(30-13-17)25(33)6-8-34-9-7-25/h2-5,11-14,24,33H,6-10H2,1H3. The highest BCUT2D eigenvalue weighted by Crippen LogP contribution is 2.31. The normalized spacial score (nSPS) is 15.6. The molecule has 3 aromatic heterocycles. The third-order valence-corrected chi connectivity index (χ3v) is 6.25. The van der Waals surface area contributed by atoms with E-state index in [0.29, 0.717) is 54.2 Å². The van der Waals surface area contributed by atoms with Crippen molar-refractivity contribution in [3.63, 3.8) is 0 Å². The maximum absolute atomic E-state index is 15.0. The van der Waals surface area contributed by atoms with Gasteiger partial charge in [-0.1, -0.05) is 18.2 Å². The molecule has 1 N–H and O–H groups in total. The molecule has 35 heavy (non-hydrogen) atoms. The van der Waals surface area contributed by atoms with E-state index in [-0.39, 0.29) is 23.6 Å². The number of nitrogens with zero attached hydrogens (tertiary/aromatic N) is 4. The van der Waals surface area contributed by atoms with Gasteiger partial charge in [0, 0.05) is 79.5 Å². The number of alkyl halides is 2. The molecule has 1 aliphatic heterocycles. The number of pyridine rings is 1. The van der Waals surface area contributed by atoms with Gasteiger partial charge >= 0.3 is 6.61 Å². The zero-order valence-electron chi connectivity index (χ0n) is 18.9. The maximum Gasteiger partial charge on any atom is 0.387 e. The Morgan fingerprint density at radius 2 is 1.89 bits per heavy atom. The van der Waals surface area contributed by atoms with E-state index in [0.717, 1.165) is 0 Å². The molecule has 4 heterocycles. The summed E-state index contributed by atoms with van der Waals surface area (Å²) in [6.45, 7) is -0.326. The van der Waals surface area contributed by atoms with Crippen molar-refractivity contribution in [1.82, 2.24) is 19.4 Å². The summed E-state index contributed by atoms with van der Waals surface area (Å²) in [6, 6.07) is 7.86. The third kappa shape index (κ3) is 4.59. The SMILES string of the molecule is Cc1nc2cc(F)c(-c3cnc(C4(O)CCOCC4)nc3)cn2c1Cc1ccccc1OC(F)F. The molecule has 1 saturated heterocycles. The van der Waals surface area contributed by atoms with Crippen molar-refractivity contribution in [3.05, 3.63) is 77.5 Å². The number of benzene rings is 1. The predicted molar refractivity (Wildman–Crippen MR) is 121 cm³/mol. The van der Waals surface area contributed by atoms with Gasteiger partial charge in [0.2, 0.25) is 0 Å². The van der Waals surface area contributed by atoms with E-state index >= 15 is 4.39 Å². The summed E-state index contributed by atoms with van der Waals surface area (Å²) < 4.78 is 52.4. The molecule has 0 bridgehead atoms. The minimum Gasteiger partial charge on any atom is -0.435 e. The number of aryl methyl sites for hydroxylation is 1. The minimum absolute atomic E-state index is 0.0780. The second-order valence-electron chi connectivity index (χ2n) is 8.51. The Bertz CT molecular complexity index is 1350. The zero-order valence-corrected chi connectivity index (χ0v) is 18.9. The van der Waals surface area contributed by atoms with Crippen LogP contribution in [-0.4, -0.2) is 44.3 Å². The van der Waals surface area contributed by atoms with Gasteiger partial charge in [0.25, 0.3) is 0 Å². The Hall–Kier alpha value is -3.50. The molecule has 0 aliphatic carbocycles. The van der Waals surface area contributed by atoms with E-state index in [9.17, 15) is 13.9 Å². The molecule has 4 aromatic rings. The Morgan fingerprint density at radius 3 is 2.60 bits per heavy atom. The number of halogens is 3. The second kappa shape index (κ2) is 9.27. The summed E-state index contributed by atoms with van der Waals surface area (Å²) in [7, 11) is 0. The average molecular weight is 484 g/mol. The number of imidazole rings is 1. The number of ether oxygens (including phenoxy) is 2. The van der Waals surface area contributed by atoms with Gasteiger partial charge in [-0.25, -0.2) is 19.3 Å². The Balaban J connectivity index is 1.51. The highest BCUT2D eigenvalue weighted by Gasteiger charge is 2.34. The van der Waals surface area contributed by atoms with Crippen LogP contribution in [0.2, 0.25) is 0 Å². The van der Waals surface area contributed by atoms with Crippen LogP contribution < -0.4 is 4.74 Å². The van der Waals surface area contributed by atoms with Crippen molar-refractivity contribution in [2.24, 2.45) is 0 Å². The molecular weight excluding hydrogens is 461 g/mol. The third-order valence-electron chi connectivity index (χ3n) is 6.25. The predicted octanol–water partition coefficient (Wildman–Crippen LogP) is 4.43. The lowest BCUT2D eigenvalue weighted by Crippen LogP contribution is -2.35. The number of para-hydroxylation sites is 1. The largest absolute Gasteiger partial charge is 0.435 e. The van der Waals surface area contributed by atoms with Crippen LogP contribution in [0.1, 0.15) is 35.6 Å². The van der Waals surface area contributed by atoms with Crippen molar-refractivity contribution in [2.45, 2.75) is 38.4 Å². The Labute approximate surface area is 199 Å². The first-order valence-electron chi connectivity index (χ1n) is 11.2. The molecule has 0 radical (unpaired) electrons. The molecular formula is C25H23F3N4O3. The van der Waals surface area contributed by atoms with Crippen molar-refractivity contribution in [3.8, 4) is 16.9 Å². The molecule has 0 atom stereocenters. The van der Waals surface area contributed by atoms with Crippen molar-refractivity contribution in [2.75, 3.05) is 13.2 Å². The number of aliphatic hydroxyl groups is 1. The molecule has 1 aliphatic rings. The van der Waals surface area contributed by atoms with Crippen LogP contribution in [0, 0.1) is 12.7 Å². The lowest BCUT2D eigenvalue weighted by Gasteiger charge is -2.30. The topological polar surface area (TPSA) is 81.8 Å². The van der Waals surface area contributed by atoms with Crippen LogP contribution in [0.4, 0.5) is 13.2 Å². The first kappa shape index (κ1) is 23.3. The lowest BCUT2D eigenvalue weighted by molar-refractivity contribution is -0.0733. The lowest BCUT2D eigenvalue weighted by atomic mass is 9.93. The molecule has 1 fully saturated rings. The van der Waals surface area contributed by atoms with Gasteiger partial charge in [0.15, 0.2) is 5.82 Å². The van der Waals surface area contributed by atoms with Crippen molar-refractivity contribution < 1.29 is 27.8 Å². The maximum atomic E-state index is 15.0. The molecule has 0 unspecified atom stereocenters. The number of hydrogen-bond donors (Lipinski definition) is 1. The Morgan fingerprint density at radius 1 is 1.17 bits per heavy atom. The van der Waals surface area contributed by atoms with E-state index in [1.807, 2.05) is 0 Å². The Kier molecular flexibility index (Phi) is 6.16. The molecule has 0 spiro atoms. The zero-order chi connectivity index (χ0) is 24.6. The van der Waals surface area contributed by atoms with Gasteiger partial charge < -0.3 is 19.0 Å². The van der Waals surface area contributed by atoms with Crippen LogP contribution in [-0.2, 0) is 16.8 Å². The second-order valence-corrected chi connectivity index (χ2v) is 8.51. The number of hydrogen-bond acceptors (Lipinski definition) is 6. The molecule has 182 valence electrons. The summed E-state index contributed by atoms with van der Waals surface area (Å²) in [5.74, 6) is -0.147. The van der Waals surface area contributed by atoms with Gasteiger partial charge in [0.1, 0.15) is 22.8 Å². The fraction of sp³-hybridized carbons (Fsp3) is 0.320. The van der Waals surface area contributed by atoms with E-state index in [1.165, 1.54) is 24.5 Å². The fourth-order valence-electron chi connectivity index (χ4n) is 4.34. The fourth-order valence-corrected chi connectivity index (χ4v) is 4.34. The smallest absolute Gasteiger partial charge is 0.387 e. The van der Waals surface area contributed by atoms with E-state index in [2.05, 4.69) is 19.7 Å². The van der Waals surface area contributed by atoms with E-state index in [4.69, 9.17) is 4.74 Å². The van der Waals surface area contributed by atoms with E-state index in [1.54, 1.807) is 35.7 Å². The average Bonchev–Trinajstić information content (AvgIpc) is 3.13. The molecule has 0 amide bonds. The first-order valence-corrected chi connectivity index (χ1v) is 11.2. The van der Waals surface area contributed by atoms with Gasteiger partial charge in [-0.2, -0.15) is 8.78 Å². The minimum atomic E-state index is -2.94. The first-order chi connectivity index (χ1) is 16.8. The van der Waals surface area contributed by atoms with Crippen LogP contribution in [0.5, 0.6) is 5.75 Å². The summed E-state index contributed by atoms with van der Waals surface area (Å²) in [5.41, 5.74) is 1.81. The monoisotopic (exact) mass is 484 g/mol. The van der Waals surface area contributed by atoms with Crippen molar-refractivity contribution in [1.29, 1.82) is 0 Å². The highest BCUT2D eigenvalue weighted by atomic mass is 19.3. The molecule has 0 saturated carbocycles. The van der Waals surface area contributed by atoms with Crippen LogP contribution in [0.25, 0.3) is 16.8 Å². The number of aromatic nitrogens is 4. The highest BCUT2D eigenvalue weighted by molar-refractivity contribution is 5.64. The summed E-state index contributed by atoms with van der Waals surface area (Å²) in [5, 5.41) is 10.8. The van der Waals surface area contributed by atoms with E-state index < -0.39 is 18.0 Å². The van der Waals surface area contributed by atoms with Gasteiger partial charge in [-0.05, 0) is 13.0 Å². The van der Waals surface area contributed by atoms with Crippen LogP contribution in [0.15, 0.2) is 48.9 Å². The summed E-state index contributed by atoms with van der Waals surface area (Å²) in [6.07, 6.45) is 5.59. The van der Waals surface area contributed by atoms with Gasteiger partial charge in [-0.15, -0.1) is 0 Å². The van der Waals surface area contributed by atoms with Crippen LogP contribution >= 0.6 is 0 Å². The molecule has 5 rings (SSSR count). The molecule has 1 aromatic carbocycles. The van der Waals surface area contributed by atoms with Gasteiger partial charge in [0.05, 0.1) is 5.69 Å². The quantitative estimate of drug-likeness (QED) is 0.436. The molecule has 10 heteroatoms. The number of fused-ring (bicyclic) bond motifs is 1. The van der Waals surface area contributed by atoms with Crippen molar-refractivity contribution >= 4 is 5.65 Å². The number of rotatable bonds is 6. The van der Waals surface area contributed by atoms with Crippen LogP contribution in [0.3, 0.4) is 0 Å².